The van der Waals surface area contributed by atoms with Gasteiger partial charge in [-0.2, -0.15) is 0 Å². The molecule has 0 amide bonds. The Balaban J connectivity index is 1.61. The zero-order chi connectivity index (χ0) is 39.6. The summed E-state index contributed by atoms with van der Waals surface area (Å²) in [5, 5.41) is 22.5. The minimum Gasteiger partial charge on any atom is -0.504 e. The van der Waals surface area contributed by atoms with Crippen LogP contribution in [-0.2, 0) is 22.4 Å². The molecule has 2 aromatic rings. The lowest BCUT2D eigenvalue weighted by Gasteiger charge is -2.41. The molecule has 56 heavy (non-hydrogen) atoms. The number of benzene rings is 2. The lowest BCUT2D eigenvalue weighted by atomic mass is 9.66. The molecular weight excluding hydrogens is 699 g/mol. The van der Waals surface area contributed by atoms with Gasteiger partial charge in [-0.3, -0.25) is 4.79 Å². The number of phenols is 1. The molecule has 8 atom stereocenters. The van der Waals surface area contributed by atoms with Gasteiger partial charge in [-0.1, -0.05) is 80.5 Å². The molecule has 8 nitrogen and oxygen atoms in total. The number of ether oxygens (including phenoxy) is 2. The average Bonchev–Trinajstić information content (AvgIpc) is 3.71. The number of carbonyl (C=O) groups is 1. The number of aliphatic hydroxyl groups is 1. The van der Waals surface area contributed by atoms with Crippen LogP contribution in [0.3, 0.4) is 0 Å². The van der Waals surface area contributed by atoms with E-state index in [4.69, 9.17) is 25.9 Å². The van der Waals surface area contributed by atoms with Crippen LogP contribution in [0.1, 0.15) is 113 Å². The highest BCUT2D eigenvalue weighted by Gasteiger charge is 2.43. The topological polar surface area (TPSA) is 140 Å². The van der Waals surface area contributed by atoms with Crippen LogP contribution in [0.5, 0.6) is 11.5 Å². The van der Waals surface area contributed by atoms with Gasteiger partial charge < -0.3 is 31.2 Å². The minimum absolute atomic E-state index is 0.0166. The van der Waals surface area contributed by atoms with Gasteiger partial charge in [0, 0.05) is 42.9 Å². The zero-order valence-electron chi connectivity index (χ0n) is 33.5. The molecule has 7 rings (SSSR count). The first-order valence-corrected chi connectivity index (χ1v) is 20.9. The molecule has 5 aliphatic carbocycles. The molecule has 6 N–H and O–H groups in total. The Kier molecular flexibility index (Phi) is 14.4. The standard InChI is InChI=1S/C48H61N3O5/c1-4-11-33(30-52)27-37(53)21-19-35-29-44(56-38-16-8-9-17-38)47(54)45-39(35)23-24-40-34(26-32-13-6-5-7-14-32)15-10-12-31(2)18-22-41(45)42-28-36(20-25-43(42)55-3)46(40)51-48(49)50/h5-7,13-14,20,25,27,29,31,34,36,38,40-43,46,52,54H,4,8-9,11-12,16-19,21-22,26,28,30H2,1-3H3,(H4,49,50,51)/t31-,34+,36-,40-,41-,42-,43-,46-/m0/s1. The molecule has 1 saturated carbocycles. The van der Waals surface area contributed by atoms with Gasteiger partial charge in [0.2, 0.25) is 0 Å². The number of guanidine groups is 1. The number of hydrogen-bond acceptors (Lipinski definition) is 6. The van der Waals surface area contributed by atoms with Gasteiger partial charge in [0.05, 0.1) is 30.8 Å². The largest absolute Gasteiger partial charge is 0.504 e. The second-order valence-corrected chi connectivity index (χ2v) is 16.5. The third-order valence-electron chi connectivity index (χ3n) is 12.3. The number of fused-ring (bicyclic) bond motifs is 5. The van der Waals surface area contributed by atoms with Crippen molar-refractivity contribution in [1.29, 1.82) is 0 Å². The van der Waals surface area contributed by atoms with Crippen molar-refractivity contribution < 1.29 is 24.5 Å². The molecule has 1 fully saturated rings. The summed E-state index contributed by atoms with van der Waals surface area (Å²) in [6.07, 6.45) is 15.8. The maximum Gasteiger partial charge on any atom is 0.186 e. The molecule has 0 saturated heterocycles. The van der Waals surface area contributed by atoms with E-state index in [9.17, 15) is 15.0 Å². The molecule has 2 aromatic carbocycles. The second kappa shape index (κ2) is 19.6. The summed E-state index contributed by atoms with van der Waals surface area (Å²) in [6.45, 7) is 4.16. The maximum absolute atomic E-state index is 13.5. The summed E-state index contributed by atoms with van der Waals surface area (Å²) in [4.78, 5) is 18.4. The third-order valence-corrected chi connectivity index (χ3v) is 12.3. The molecule has 0 aliphatic heterocycles. The number of nitrogens with zero attached hydrogens (tertiary/aromatic N) is 1. The average molecular weight is 760 g/mol. The van der Waals surface area contributed by atoms with Crippen LogP contribution in [0.2, 0.25) is 0 Å². The lowest BCUT2D eigenvalue weighted by molar-refractivity contribution is -0.114. The summed E-state index contributed by atoms with van der Waals surface area (Å²) in [5.41, 5.74) is 16.8. The summed E-state index contributed by atoms with van der Waals surface area (Å²) < 4.78 is 12.9. The number of aromatic hydroxyl groups is 1. The monoisotopic (exact) mass is 759 g/mol. The molecule has 0 radical (unpaired) electrons. The number of hydrogen-bond donors (Lipinski definition) is 4. The van der Waals surface area contributed by atoms with Crippen molar-refractivity contribution in [3.8, 4) is 35.2 Å². The van der Waals surface area contributed by atoms with Gasteiger partial charge in [0.15, 0.2) is 23.2 Å². The van der Waals surface area contributed by atoms with Crippen molar-refractivity contribution in [3.05, 3.63) is 82.5 Å². The fourth-order valence-electron chi connectivity index (χ4n) is 9.43. The van der Waals surface area contributed by atoms with Crippen LogP contribution >= 0.6 is 0 Å². The van der Waals surface area contributed by atoms with Gasteiger partial charge in [0.25, 0.3) is 0 Å². The summed E-state index contributed by atoms with van der Waals surface area (Å²) in [5.74, 6) is 14.8. The predicted octanol–water partition coefficient (Wildman–Crippen LogP) is 7.53. The third kappa shape index (κ3) is 10.1. The van der Waals surface area contributed by atoms with Gasteiger partial charge in [-0.15, -0.1) is 5.92 Å². The van der Waals surface area contributed by atoms with Crippen molar-refractivity contribution in [2.24, 2.45) is 46.0 Å². The van der Waals surface area contributed by atoms with E-state index in [2.05, 4.69) is 67.0 Å². The van der Waals surface area contributed by atoms with E-state index in [1.54, 1.807) is 13.2 Å². The quantitative estimate of drug-likeness (QED) is 0.0544. The first-order chi connectivity index (χ1) is 27.2. The smallest absolute Gasteiger partial charge is 0.186 e. The van der Waals surface area contributed by atoms with Crippen molar-refractivity contribution in [2.45, 2.75) is 121 Å². The highest BCUT2D eigenvalue weighted by atomic mass is 16.5. The van der Waals surface area contributed by atoms with Crippen molar-refractivity contribution in [2.75, 3.05) is 13.7 Å². The number of aliphatic imine (C=N–C) groups is 1. The Bertz CT molecular complexity index is 1890. The normalized spacial score (nSPS) is 27.5. The number of phenolic OH excluding ortho intramolecular Hbond substituents is 1. The number of methoxy groups -OCH3 is 1. The van der Waals surface area contributed by atoms with E-state index < -0.39 is 0 Å². The SMILES string of the molecule is CCCC(=CC(=O)CCc1cc(OC2CCCC2)c(O)c2c1C#C[C@@H]1[C@@H](N=C(N)N)[C@H]3C=C[C@H](OC)[C@@H](C3)[C@@H]2CC[C@@H](C)CC#C[C@@H]1Cc1ccccc1)CO. The van der Waals surface area contributed by atoms with Crippen molar-refractivity contribution in [1.82, 2.24) is 0 Å². The molecule has 4 bridgehead atoms. The molecule has 0 spiro atoms. The highest BCUT2D eigenvalue weighted by molar-refractivity contribution is 5.90. The van der Waals surface area contributed by atoms with E-state index in [0.717, 1.165) is 85.6 Å². The number of ketones is 1. The van der Waals surface area contributed by atoms with Gasteiger partial charge >= 0.3 is 0 Å². The molecule has 298 valence electrons. The first kappa shape index (κ1) is 41.1. The van der Waals surface area contributed by atoms with Crippen LogP contribution < -0.4 is 16.2 Å². The minimum atomic E-state index is -0.378. The van der Waals surface area contributed by atoms with Gasteiger partial charge in [0.1, 0.15) is 0 Å². The second-order valence-electron chi connectivity index (χ2n) is 16.5. The number of nitrogens with two attached hydrogens (primary N) is 2. The summed E-state index contributed by atoms with van der Waals surface area (Å²) in [7, 11) is 1.76. The first-order valence-electron chi connectivity index (χ1n) is 20.9. The molecule has 0 aromatic heterocycles. The molecule has 5 aliphatic rings. The number of allylic oxidation sites excluding steroid dienone is 1. The zero-order valence-corrected chi connectivity index (χ0v) is 33.5. The molecule has 0 unspecified atom stereocenters. The van der Waals surface area contributed by atoms with Crippen LogP contribution in [-0.4, -0.2) is 53.9 Å². The fraction of sp³-hybridized carbons (Fsp3) is 0.542. The van der Waals surface area contributed by atoms with E-state index in [-0.39, 0.29) is 78.4 Å². The van der Waals surface area contributed by atoms with Crippen LogP contribution in [0.25, 0.3) is 0 Å². The number of aliphatic hydroxyl groups excluding tert-OH is 1. The highest BCUT2D eigenvalue weighted by Crippen LogP contribution is 2.50. The Labute approximate surface area is 334 Å². The Morgan fingerprint density at radius 3 is 2.55 bits per heavy atom. The predicted molar refractivity (Wildman–Crippen MR) is 223 cm³/mol. The van der Waals surface area contributed by atoms with Gasteiger partial charge in [-0.05, 0) is 111 Å². The maximum atomic E-state index is 13.5. The summed E-state index contributed by atoms with van der Waals surface area (Å²) >= 11 is 0. The molecule has 0 heterocycles. The molecular formula is C48H61N3O5. The van der Waals surface area contributed by atoms with Crippen LogP contribution in [0.4, 0.5) is 0 Å². The number of rotatable bonds is 13. The number of aryl methyl sites for hydroxylation is 1. The van der Waals surface area contributed by atoms with E-state index in [0.29, 0.717) is 30.9 Å². The lowest BCUT2D eigenvalue weighted by Crippen LogP contribution is -2.41. The Morgan fingerprint density at radius 1 is 1.05 bits per heavy atom. The van der Waals surface area contributed by atoms with Crippen LogP contribution in [0, 0.1) is 53.3 Å². The van der Waals surface area contributed by atoms with Crippen molar-refractivity contribution in [3.63, 3.8) is 0 Å². The van der Waals surface area contributed by atoms with E-state index in [1.807, 2.05) is 19.1 Å². The van der Waals surface area contributed by atoms with Crippen molar-refractivity contribution >= 4 is 11.7 Å². The Hall–Kier alpha value is -4.50. The van der Waals surface area contributed by atoms with E-state index in [1.165, 1.54) is 0 Å². The number of carbonyl (C=O) groups excluding carboxylic acids is 1. The van der Waals surface area contributed by atoms with Crippen LogP contribution in [0.15, 0.2) is 65.2 Å². The van der Waals surface area contributed by atoms with E-state index >= 15 is 0 Å². The Morgan fingerprint density at radius 2 is 1.84 bits per heavy atom. The summed E-state index contributed by atoms with van der Waals surface area (Å²) in [6, 6.07) is 11.9. The van der Waals surface area contributed by atoms with Gasteiger partial charge in [-0.25, -0.2) is 4.99 Å². The fourth-order valence-corrected chi connectivity index (χ4v) is 9.43. The molecule has 8 heteroatoms.